The molecule has 0 bridgehead atoms. The number of aromatic hydroxyl groups is 1. The van der Waals surface area contributed by atoms with Crippen molar-refractivity contribution in [3.63, 3.8) is 0 Å². The van der Waals surface area contributed by atoms with Crippen molar-refractivity contribution >= 4 is 28.4 Å². The molecule has 0 aliphatic rings. The average Bonchev–Trinajstić information content (AvgIpc) is 2.31. The molecule has 0 spiro atoms. The highest BCUT2D eigenvalue weighted by Gasteiger charge is 2.20. The molecule has 4 nitrogen and oxygen atoms in total. The van der Waals surface area contributed by atoms with Crippen LogP contribution in [0.1, 0.15) is 30.1 Å². The van der Waals surface area contributed by atoms with E-state index in [9.17, 15) is 14.7 Å². The smallest absolute Gasteiger partial charge is 0.351 e. The highest BCUT2D eigenvalue weighted by atomic mass is 35.5. The zero-order valence-electron chi connectivity index (χ0n) is 9.70. The maximum Gasteiger partial charge on any atom is 0.351 e. The van der Waals surface area contributed by atoms with E-state index < -0.39 is 11.4 Å². The Morgan fingerprint density at radius 2 is 2.17 bits per heavy atom. The van der Waals surface area contributed by atoms with E-state index in [2.05, 4.69) is 0 Å². The van der Waals surface area contributed by atoms with Gasteiger partial charge in [-0.15, -0.1) is 0 Å². The molecule has 0 amide bonds. The van der Waals surface area contributed by atoms with E-state index in [0.29, 0.717) is 6.42 Å². The minimum atomic E-state index is -0.855. The van der Waals surface area contributed by atoms with Gasteiger partial charge in [-0.2, -0.15) is 0 Å². The minimum Gasteiger partial charge on any atom is -0.506 e. The number of hydrogen-bond donors (Lipinski definition) is 1. The average molecular weight is 267 g/mol. The summed E-state index contributed by atoms with van der Waals surface area (Å²) in [5.74, 6) is -0.784. The zero-order chi connectivity index (χ0) is 13.3. The van der Waals surface area contributed by atoms with Crippen LogP contribution in [0.25, 0.3) is 11.0 Å². The first-order chi connectivity index (χ1) is 8.56. The molecule has 0 aliphatic heterocycles. The van der Waals surface area contributed by atoms with E-state index >= 15 is 0 Å². The molecule has 5 heteroatoms. The molecule has 0 aliphatic carbocycles. The van der Waals surface area contributed by atoms with Gasteiger partial charge >= 0.3 is 5.63 Å². The van der Waals surface area contributed by atoms with Gasteiger partial charge in [0, 0.05) is 6.42 Å². The largest absolute Gasteiger partial charge is 0.506 e. The van der Waals surface area contributed by atoms with E-state index in [4.69, 9.17) is 16.0 Å². The number of halogens is 1. The van der Waals surface area contributed by atoms with Gasteiger partial charge in [-0.05, 0) is 18.6 Å². The van der Waals surface area contributed by atoms with Crippen LogP contribution in [0.15, 0.2) is 27.4 Å². The molecule has 0 saturated carbocycles. The van der Waals surface area contributed by atoms with Crippen molar-refractivity contribution in [1.29, 1.82) is 0 Å². The van der Waals surface area contributed by atoms with Crippen LogP contribution in [-0.4, -0.2) is 10.9 Å². The lowest BCUT2D eigenvalue weighted by Crippen LogP contribution is -2.14. The summed E-state index contributed by atoms with van der Waals surface area (Å²) in [4.78, 5) is 23.5. The standard InChI is InChI=1S/C13H11ClO4/c1-2-4-9(15)10-11(16)7-5-3-6-8(14)12(7)18-13(10)17/h3,5-6,16H,2,4H2,1H3. The number of rotatable bonds is 3. The second-order valence-electron chi connectivity index (χ2n) is 3.90. The molecule has 2 aromatic rings. The third-order valence-electron chi connectivity index (χ3n) is 2.61. The van der Waals surface area contributed by atoms with Gasteiger partial charge in [-0.1, -0.05) is 24.6 Å². The van der Waals surface area contributed by atoms with Crippen molar-refractivity contribution in [3.8, 4) is 5.75 Å². The normalized spacial score (nSPS) is 10.8. The predicted octanol–water partition coefficient (Wildman–Crippen LogP) is 3.13. The topological polar surface area (TPSA) is 67.5 Å². The predicted molar refractivity (Wildman–Crippen MR) is 68.4 cm³/mol. The van der Waals surface area contributed by atoms with Crippen LogP contribution < -0.4 is 5.63 Å². The number of hydrogen-bond acceptors (Lipinski definition) is 4. The Kier molecular flexibility index (Phi) is 3.39. The van der Waals surface area contributed by atoms with Crippen molar-refractivity contribution in [1.82, 2.24) is 0 Å². The van der Waals surface area contributed by atoms with Crippen LogP contribution in [0.4, 0.5) is 0 Å². The second kappa shape index (κ2) is 4.82. The number of benzene rings is 1. The number of para-hydroxylation sites is 1. The van der Waals surface area contributed by atoms with E-state index in [1.165, 1.54) is 0 Å². The van der Waals surface area contributed by atoms with Crippen molar-refractivity contribution in [2.45, 2.75) is 19.8 Å². The van der Waals surface area contributed by atoms with Gasteiger partial charge in [-0.3, -0.25) is 4.79 Å². The van der Waals surface area contributed by atoms with Crippen LogP contribution in [0.5, 0.6) is 5.75 Å². The molecule has 0 saturated heterocycles. The van der Waals surface area contributed by atoms with Crippen molar-refractivity contribution in [2.75, 3.05) is 0 Å². The van der Waals surface area contributed by atoms with Crippen molar-refractivity contribution < 1.29 is 14.3 Å². The lowest BCUT2D eigenvalue weighted by atomic mass is 10.1. The minimum absolute atomic E-state index is 0.0923. The van der Waals surface area contributed by atoms with Gasteiger partial charge in [0.05, 0.1) is 10.4 Å². The third kappa shape index (κ3) is 1.99. The molecule has 2 rings (SSSR count). The molecule has 1 heterocycles. The Morgan fingerprint density at radius 1 is 1.44 bits per heavy atom. The third-order valence-corrected chi connectivity index (χ3v) is 2.91. The quantitative estimate of drug-likeness (QED) is 0.684. The molecule has 1 aromatic heterocycles. The lowest BCUT2D eigenvalue weighted by Gasteiger charge is -2.05. The van der Waals surface area contributed by atoms with Crippen LogP contribution in [-0.2, 0) is 0 Å². The summed E-state index contributed by atoms with van der Waals surface area (Å²) >= 11 is 5.87. The molecule has 94 valence electrons. The number of carbonyl (C=O) groups is 1. The monoisotopic (exact) mass is 266 g/mol. The van der Waals surface area contributed by atoms with Gasteiger partial charge in [-0.25, -0.2) is 4.79 Å². The SMILES string of the molecule is CCCC(=O)c1c(O)c2cccc(Cl)c2oc1=O. The van der Waals surface area contributed by atoms with Crippen molar-refractivity contribution in [2.24, 2.45) is 0 Å². The van der Waals surface area contributed by atoms with Crippen molar-refractivity contribution in [3.05, 3.63) is 39.2 Å². The summed E-state index contributed by atoms with van der Waals surface area (Å²) in [5, 5.41) is 10.5. The molecule has 0 atom stereocenters. The Balaban J connectivity index is 2.78. The van der Waals surface area contributed by atoms with Crippen LogP contribution in [0.3, 0.4) is 0 Å². The Labute approximate surface area is 108 Å². The molecule has 1 aromatic carbocycles. The van der Waals surface area contributed by atoms with Gasteiger partial charge in [0.1, 0.15) is 11.3 Å². The summed E-state index contributed by atoms with van der Waals surface area (Å²) in [6.07, 6.45) is 0.774. The fourth-order valence-corrected chi connectivity index (χ4v) is 1.99. The van der Waals surface area contributed by atoms with Gasteiger partial charge in [0.2, 0.25) is 0 Å². The van der Waals surface area contributed by atoms with Crippen LogP contribution >= 0.6 is 11.6 Å². The number of Topliss-reactive ketones (excluding diaryl/α,β-unsaturated/α-hetero) is 1. The maximum absolute atomic E-state index is 11.8. The Hall–Kier alpha value is -1.81. The summed E-state index contributed by atoms with van der Waals surface area (Å²) in [6.45, 7) is 1.81. The van der Waals surface area contributed by atoms with Gasteiger partial charge in [0.25, 0.3) is 0 Å². The van der Waals surface area contributed by atoms with E-state index in [-0.39, 0.29) is 33.7 Å². The maximum atomic E-state index is 11.8. The molecular weight excluding hydrogens is 256 g/mol. The number of ketones is 1. The fourth-order valence-electron chi connectivity index (χ4n) is 1.77. The number of carbonyl (C=O) groups excluding carboxylic acids is 1. The molecule has 0 unspecified atom stereocenters. The van der Waals surface area contributed by atoms with Crippen LogP contribution in [0.2, 0.25) is 5.02 Å². The summed E-state index contributed by atoms with van der Waals surface area (Å²) < 4.78 is 5.00. The summed E-state index contributed by atoms with van der Waals surface area (Å²) in [7, 11) is 0. The Morgan fingerprint density at radius 3 is 2.83 bits per heavy atom. The van der Waals surface area contributed by atoms with E-state index in [1.807, 2.05) is 6.92 Å². The molecule has 18 heavy (non-hydrogen) atoms. The molecular formula is C13H11ClO4. The Bertz CT molecular complexity index is 672. The first-order valence-electron chi connectivity index (χ1n) is 5.53. The highest BCUT2D eigenvalue weighted by Crippen LogP contribution is 2.31. The van der Waals surface area contributed by atoms with Gasteiger partial charge < -0.3 is 9.52 Å². The first kappa shape index (κ1) is 12.6. The van der Waals surface area contributed by atoms with E-state index in [1.54, 1.807) is 18.2 Å². The summed E-state index contributed by atoms with van der Waals surface area (Å²) in [6, 6.07) is 4.69. The molecule has 0 radical (unpaired) electrons. The number of fused-ring (bicyclic) bond motifs is 1. The second-order valence-corrected chi connectivity index (χ2v) is 4.31. The fraction of sp³-hybridized carbons (Fsp3) is 0.231. The van der Waals surface area contributed by atoms with Crippen LogP contribution in [0, 0.1) is 0 Å². The van der Waals surface area contributed by atoms with E-state index in [0.717, 1.165) is 0 Å². The molecule has 1 N–H and O–H groups in total. The summed E-state index contributed by atoms with van der Waals surface area (Å²) in [5.41, 5.74) is -1.06. The lowest BCUT2D eigenvalue weighted by molar-refractivity contribution is 0.0975. The molecule has 0 fully saturated rings. The zero-order valence-corrected chi connectivity index (χ0v) is 10.5. The first-order valence-corrected chi connectivity index (χ1v) is 5.91. The van der Waals surface area contributed by atoms with Gasteiger partial charge in [0.15, 0.2) is 11.4 Å². The highest BCUT2D eigenvalue weighted by molar-refractivity contribution is 6.35.